The van der Waals surface area contributed by atoms with Gasteiger partial charge in [0, 0.05) is 6.07 Å². The van der Waals surface area contributed by atoms with Crippen LogP contribution in [0.25, 0.3) is 0 Å². The monoisotopic (exact) mass is 271 g/mol. The van der Waals surface area contributed by atoms with Crippen molar-refractivity contribution in [3.63, 3.8) is 0 Å². The number of nitrogens with one attached hydrogen (secondary N) is 1. The molecule has 4 nitrogen and oxygen atoms in total. The predicted octanol–water partition coefficient (Wildman–Crippen LogP) is 3.02. The Hall–Kier alpha value is -1.23. The summed E-state index contributed by atoms with van der Waals surface area (Å²) in [4.78, 5) is 0. The van der Waals surface area contributed by atoms with E-state index in [2.05, 4.69) is 4.72 Å². The summed E-state index contributed by atoms with van der Waals surface area (Å²) in [5.74, 6) is 0.844. The van der Waals surface area contributed by atoms with Gasteiger partial charge in [0.2, 0.25) is 10.0 Å². The normalized spacial score (nSPS) is 11.2. The molecule has 102 valence electrons. The zero-order valence-corrected chi connectivity index (χ0v) is 11.8. The lowest BCUT2D eigenvalue weighted by molar-refractivity contribution is 0.317. The summed E-state index contributed by atoms with van der Waals surface area (Å²) in [6.45, 7) is 4.62. The highest BCUT2D eigenvalue weighted by Gasteiger charge is 2.09. The first-order chi connectivity index (χ1) is 8.57. The van der Waals surface area contributed by atoms with Gasteiger partial charge in [0.05, 0.1) is 18.0 Å². The molecule has 5 heteroatoms. The fraction of sp³-hybridized carbons (Fsp3) is 0.538. The fourth-order valence-electron chi connectivity index (χ4n) is 1.43. The molecule has 0 spiro atoms. The van der Waals surface area contributed by atoms with Crippen LogP contribution in [0.5, 0.6) is 5.75 Å². The lowest BCUT2D eigenvalue weighted by atomic mass is 10.3. The molecule has 1 aromatic carbocycles. The number of rotatable bonds is 8. The Kier molecular flexibility index (Phi) is 5.98. The van der Waals surface area contributed by atoms with Crippen LogP contribution in [0.4, 0.5) is 5.69 Å². The van der Waals surface area contributed by atoms with Gasteiger partial charge in [0.15, 0.2) is 0 Å². The molecular formula is C13H21NO3S. The van der Waals surface area contributed by atoms with Crippen LogP contribution in [0.3, 0.4) is 0 Å². The van der Waals surface area contributed by atoms with Crippen LogP contribution in [-0.4, -0.2) is 20.8 Å². The minimum absolute atomic E-state index is 0.156. The van der Waals surface area contributed by atoms with E-state index in [4.69, 9.17) is 4.74 Å². The highest BCUT2D eigenvalue weighted by Crippen LogP contribution is 2.18. The van der Waals surface area contributed by atoms with Crippen molar-refractivity contribution in [3.8, 4) is 5.75 Å². The fourth-order valence-corrected chi connectivity index (χ4v) is 2.69. The molecule has 1 rings (SSSR count). The molecule has 0 bridgehead atoms. The number of sulfonamides is 1. The summed E-state index contributed by atoms with van der Waals surface area (Å²) >= 11 is 0. The maximum Gasteiger partial charge on any atom is 0.232 e. The number of benzene rings is 1. The second kappa shape index (κ2) is 7.26. The Morgan fingerprint density at radius 1 is 1.22 bits per heavy atom. The maximum atomic E-state index is 11.7. The first kappa shape index (κ1) is 14.8. The van der Waals surface area contributed by atoms with Crippen molar-refractivity contribution in [2.45, 2.75) is 33.1 Å². The molecule has 0 amide bonds. The van der Waals surface area contributed by atoms with E-state index >= 15 is 0 Å². The van der Waals surface area contributed by atoms with E-state index in [9.17, 15) is 8.42 Å². The van der Waals surface area contributed by atoms with Gasteiger partial charge >= 0.3 is 0 Å². The van der Waals surface area contributed by atoms with Crippen molar-refractivity contribution in [3.05, 3.63) is 24.3 Å². The highest BCUT2D eigenvalue weighted by molar-refractivity contribution is 7.92. The Morgan fingerprint density at radius 3 is 2.67 bits per heavy atom. The van der Waals surface area contributed by atoms with Gasteiger partial charge in [-0.05, 0) is 25.0 Å². The van der Waals surface area contributed by atoms with E-state index in [-0.39, 0.29) is 5.75 Å². The Morgan fingerprint density at radius 2 is 2.00 bits per heavy atom. The van der Waals surface area contributed by atoms with Crippen molar-refractivity contribution in [2.75, 3.05) is 17.1 Å². The third kappa shape index (κ3) is 5.40. The van der Waals surface area contributed by atoms with Gasteiger partial charge in [-0.2, -0.15) is 0 Å². The summed E-state index contributed by atoms with van der Waals surface area (Å²) in [7, 11) is -3.24. The minimum Gasteiger partial charge on any atom is -0.494 e. The summed E-state index contributed by atoms with van der Waals surface area (Å²) in [6.07, 6.45) is 2.45. The Bertz CT molecular complexity index is 457. The SMILES string of the molecule is CCCCS(=O)(=O)Nc1cccc(OCCC)c1. The number of hydrogen-bond donors (Lipinski definition) is 1. The zero-order valence-electron chi connectivity index (χ0n) is 11.0. The molecule has 0 atom stereocenters. The smallest absolute Gasteiger partial charge is 0.232 e. The number of anilines is 1. The van der Waals surface area contributed by atoms with E-state index in [1.54, 1.807) is 18.2 Å². The highest BCUT2D eigenvalue weighted by atomic mass is 32.2. The number of ether oxygens (including phenoxy) is 1. The molecule has 18 heavy (non-hydrogen) atoms. The van der Waals surface area contributed by atoms with Crippen LogP contribution >= 0.6 is 0 Å². The predicted molar refractivity (Wildman–Crippen MR) is 74.5 cm³/mol. The largest absolute Gasteiger partial charge is 0.494 e. The van der Waals surface area contributed by atoms with Crippen LogP contribution in [0, 0.1) is 0 Å². The van der Waals surface area contributed by atoms with E-state index in [1.807, 2.05) is 19.9 Å². The average Bonchev–Trinajstić information content (AvgIpc) is 2.34. The Balaban J connectivity index is 2.66. The van der Waals surface area contributed by atoms with Crippen LogP contribution < -0.4 is 9.46 Å². The third-order valence-corrected chi connectivity index (χ3v) is 3.72. The number of unbranched alkanes of at least 4 members (excludes halogenated alkanes) is 1. The van der Waals surface area contributed by atoms with E-state index in [0.29, 0.717) is 24.5 Å². The zero-order chi connectivity index (χ0) is 13.4. The van der Waals surface area contributed by atoms with Crippen molar-refractivity contribution in [1.82, 2.24) is 0 Å². The van der Waals surface area contributed by atoms with Gasteiger partial charge < -0.3 is 4.74 Å². The van der Waals surface area contributed by atoms with Crippen LogP contribution in [0.15, 0.2) is 24.3 Å². The van der Waals surface area contributed by atoms with Crippen molar-refractivity contribution in [1.29, 1.82) is 0 Å². The third-order valence-electron chi connectivity index (χ3n) is 2.35. The molecule has 0 aliphatic carbocycles. The van der Waals surface area contributed by atoms with Gasteiger partial charge in [0.1, 0.15) is 5.75 Å². The van der Waals surface area contributed by atoms with Crippen molar-refractivity contribution in [2.24, 2.45) is 0 Å². The summed E-state index contributed by atoms with van der Waals surface area (Å²) in [5.41, 5.74) is 0.555. The van der Waals surface area contributed by atoms with E-state index < -0.39 is 10.0 Å². The van der Waals surface area contributed by atoms with Crippen molar-refractivity contribution < 1.29 is 13.2 Å². The van der Waals surface area contributed by atoms with Crippen LogP contribution in [0.2, 0.25) is 0 Å². The summed E-state index contributed by atoms with van der Waals surface area (Å²) in [6, 6.07) is 7.03. The van der Waals surface area contributed by atoms with Gasteiger partial charge in [-0.3, -0.25) is 4.72 Å². The first-order valence-electron chi connectivity index (χ1n) is 6.30. The molecule has 0 unspecified atom stereocenters. The van der Waals surface area contributed by atoms with Gasteiger partial charge in [-0.1, -0.05) is 26.3 Å². The van der Waals surface area contributed by atoms with Gasteiger partial charge in [-0.15, -0.1) is 0 Å². The lowest BCUT2D eigenvalue weighted by Crippen LogP contribution is -2.16. The molecule has 0 saturated carbocycles. The minimum atomic E-state index is -3.24. The molecule has 0 aliphatic rings. The maximum absolute atomic E-state index is 11.7. The molecule has 0 aliphatic heterocycles. The molecule has 1 N–H and O–H groups in total. The molecular weight excluding hydrogens is 250 g/mol. The number of hydrogen-bond acceptors (Lipinski definition) is 3. The molecule has 1 aromatic rings. The Labute approximate surface area is 109 Å². The average molecular weight is 271 g/mol. The molecule has 0 fully saturated rings. The van der Waals surface area contributed by atoms with Gasteiger partial charge in [-0.25, -0.2) is 8.42 Å². The lowest BCUT2D eigenvalue weighted by Gasteiger charge is -2.09. The molecule has 0 heterocycles. The second-order valence-corrected chi connectivity index (χ2v) is 5.99. The molecule has 0 radical (unpaired) electrons. The standard InChI is InChI=1S/C13H21NO3S/c1-3-5-10-18(15,16)14-12-7-6-8-13(11-12)17-9-4-2/h6-8,11,14H,3-5,9-10H2,1-2H3. The topological polar surface area (TPSA) is 55.4 Å². The quantitative estimate of drug-likeness (QED) is 0.790. The van der Waals surface area contributed by atoms with Crippen LogP contribution in [0.1, 0.15) is 33.1 Å². The van der Waals surface area contributed by atoms with Gasteiger partial charge in [0.25, 0.3) is 0 Å². The molecule has 0 aromatic heterocycles. The van der Waals surface area contributed by atoms with E-state index in [1.165, 1.54) is 0 Å². The molecule has 0 saturated heterocycles. The second-order valence-electron chi connectivity index (χ2n) is 4.15. The first-order valence-corrected chi connectivity index (χ1v) is 7.96. The van der Waals surface area contributed by atoms with E-state index in [0.717, 1.165) is 12.8 Å². The summed E-state index contributed by atoms with van der Waals surface area (Å²) in [5, 5.41) is 0. The van der Waals surface area contributed by atoms with Crippen LogP contribution in [-0.2, 0) is 10.0 Å². The van der Waals surface area contributed by atoms with Crippen molar-refractivity contribution >= 4 is 15.7 Å². The summed E-state index contributed by atoms with van der Waals surface area (Å²) < 4.78 is 31.5.